The maximum Gasteiger partial charge on any atom is 0.268 e. The zero-order valence-corrected chi connectivity index (χ0v) is 14.9. The van der Waals surface area contributed by atoms with Crippen LogP contribution in [-0.2, 0) is 4.79 Å². The molecule has 7 heteroatoms. The Morgan fingerprint density at radius 3 is 2.56 bits per heavy atom. The minimum Gasteiger partial charge on any atom is -0.383 e. The number of likely N-dealkylation sites (tertiary alicyclic amines) is 1. The molecule has 1 saturated heterocycles. The summed E-state index contributed by atoms with van der Waals surface area (Å²) in [6.07, 6.45) is 16.1. The lowest BCUT2D eigenvalue weighted by atomic mass is 10.1. The number of hydrogen-bond donors (Lipinski definition) is 2. The number of benzene rings is 1. The number of aliphatic hydroxyl groups excluding tert-OH is 1. The van der Waals surface area contributed by atoms with Crippen LogP contribution in [0.3, 0.4) is 0 Å². The molecule has 1 atom stereocenters. The van der Waals surface area contributed by atoms with Gasteiger partial charge in [0, 0.05) is 24.7 Å². The number of nitrogens with zero attached hydrogens (tertiary/aromatic N) is 3. The van der Waals surface area contributed by atoms with Crippen LogP contribution < -0.4 is 5.73 Å². The summed E-state index contributed by atoms with van der Waals surface area (Å²) < 4.78 is 0. The normalized spacial score (nSPS) is 14.9. The SMILES string of the molecule is C#C.C#Cc1cccc(-c2cncc(C(N)=O)n2)c1.CN1CC[C@H](O)C1=O. The Bertz CT molecular complexity index is 859. The number of likely N-dealkylation sites (N-methyl/N-ethyl adjacent to an activating group) is 1. The summed E-state index contributed by atoms with van der Waals surface area (Å²) in [7, 11) is 1.69. The van der Waals surface area contributed by atoms with Gasteiger partial charge in [0.15, 0.2) is 0 Å². The second-order valence-corrected chi connectivity index (χ2v) is 5.44. The van der Waals surface area contributed by atoms with E-state index >= 15 is 0 Å². The number of carbonyl (C=O) groups is 2. The first-order chi connectivity index (χ1) is 12.9. The van der Waals surface area contributed by atoms with Crippen molar-refractivity contribution in [3.05, 3.63) is 47.9 Å². The van der Waals surface area contributed by atoms with Gasteiger partial charge < -0.3 is 15.7 Å². The molecule has 1 aromatic heterocycles. The van der Waals surface area contributed by atoms with Gasteiger partial charge in [0.1, 0.15) is 11.8 Å². The first kappa shape index (κ1) is 21.4. The van der Waals surface area contributed by atoms with E-state index in [9.17, 15) is 9.59 Å². The zero-order valence-electron chi connectivity index (χ0n) is 14.9. The van der Waals surface area contributed by atoms with E-state index in [0.717, 1.165) is 11.1 Å². The summed E-state index contributed by atoms with van der Waals surface area (Å²) in [5.74, 6) is 1.78. The largest absolute Gasteiger partial charge is 0.383 e. The van der Waals surface area contributed by atoms with Gasteiger partial charge in [-0.3, -0.25) is 14.6 Å². The molecule has 3 rings (SSSR count). The minimum atomic E-state index is -0.722. The Balaban J connectivity index is 0.000000305. The molecule has 2 amide bonds. The predicted molar refractivity (Wildman–Crippen MR) is 102 cm³/mol. The summed E-state index contributed by atoms with van der Waals surface area (Å²) in [6, 6.07) is 7.28. The number of nitrogens with two attached hydrogens (primary N) is 1. The molecule has 1 aromatic carbocycles. The van der Waals surface area contributed by atoms with Crippen molar-refractivity contribution in [2.75, 3.05) is 13.6 Å². The average Bonchev–Trinajstić information content (AvgIpc) is 3.01. The summed E-state index contributed by atoms with van der Waals surface area (Å²) in [4.78, 5) is 31.1. The van der Waals surface area contributed by atoms with Crippen molar-refractivity contribution in [1.29, 1.82) is 0 Å². The molecule has 2 heterocycles. The molecular formula is C20H20N4O3. The lowest BCUT2D eigenvalue weighted by Gasteiger charge is -2.04. The third-order valence-electron chi connectivity index (χ3n) is 3.61. The first-order valence-electron chi connectivity index (χ1n) is 7.87. The predicted octanol–water partition coefficient (Wildman–Crippen LogP) is 0.683. The Hall–Kier alpha value is -3.68. The molecule has 1 aliphatic heterocycles. The van der Waals surface area contributed by atoms with Gasteiger partial charge in [-0.25, -0.2) is 4.98 Å². The molecule has 0 aliphatic carbocycles. The lowest BCUT2D eigenvalue weighted by molar-refractivity contribution is -0.133. The van der Waals surface area contributed by atoms with Crippen molar-refractivity contribution < 1.29 is 14.7 Å². The van der Waals surface area contributed by atoms with E-state index in [-0.39, 0.29) is 11.6 Å². The van der Waals surface area contributed by atoms with E-state index in [4.69, 9.17) is 17.3 Å². The van der Waals surface area contributed by atoms with Gasteiger partial charge in [0.2, 0.25) is 0 Å². The Kier molecular flexibility index (Phi) is 8.18. The van der Waals surface area contributed by atoms with Crippen molar-refractivity contribution in [3.8, 4) is 36.4 Å². The molecule has 0 spiro atoms. The number of terminal acetylenes is 2. The van der Waals surface area contributed by atoms with Gasteiger partial charge in [-0.05, 0) is 18.6 Å². The highest BCUT2D eigenvalue weighted by molar-refractivity contribution is 5.90. The Labute approximate surface area is 158 Å². The molecule has 7 nitrogen and oxygen atoms in total. The van der Waals surface area contributed by atoms with E-state index in [1.807, 2.05) is 18.2 Å². The van der Waals surface area contributed by atoms with Crippen LogP contribution in [-0.4, -0.2) is 51.5 Å². The molecule has 3 N–H and O–H groups in total. The van der Waals surface area contributed by atoms with Crippen LogP contribution in [0.25, 0.3) is 11.3 Å². The van der Waals surface area contributed by atoms with Crippen LogP contribution in [0.15, 0.2) is 36.7 Å². The zero-order chi connectivity index (χ0) is 20.4. The number of hydrogen-bond acceptors (Lipinski definition) is 5. The van der Waals surface area contributed by atoms with Crippen LogP contribution in [0.4, 0.5) is 0 Å². The van der Waals surface area contributed by atoms with Crippen molar-refractivity contribution in [1.82, 2.24) is 14.9 Å². The van der Waals surface area contributed by atoms with Crippen molar-refractivity contribution in [3.63, 3.8) is 0 Å². The van der Waals surface area contributed by atoms with E-state index < -0.39 is 12.0 Å². The molecule has 0 bridgehead atoms. The maximum absolute atomic E-state index is 11.0. The van der Waals surface area contributed by atoms with Crippen molar-refractivity contribution >= 4 is 11.8 Å². The average molecular weight is 364 g/mol. The monoisotopic (exact) mass is 364 g/mol. The van der Waals surface area contributed by atoms with E-state index in [1.54, 1.807) is 19.3 Å². The smallest absolute Gasteiger partial charge is 0.268 e. The second kappa shape index (κ2) is 10.3. The third-order valence-corrected chi connectivity index (χ3v) is 3.61. The van der Waals surface area contributed by atoms with Gasteiger partial charge >= 0.3 is 0 Å². The molecule has 138 valence electrons. The molecule has 0 unspecified atom stereocenters. The molecule has 1 aliphatic rings. The van der Waals surface area contributed by atoms with Gasteiger partial charge in [0.05, 0.1) is 18.1 Å². The fourth-order valence-corrected chi connectivity index (χ4v) is 2.20. The quantitative estimate of drug-likeness (QED) is 0.762. The summed E-state index contributed by atoms with van der Waals surface area (Å²) in [5.41, 5.74) is 7.39. The standard InChI is InChI=1S/C13H9N3O.C5H9NO2.C2H2/c1-2-9-4-3-5-10(6-9)11-7-15-8-12(16-11)13(14)17;1-6-3-2-4(7)5(6)8;1-2/h1,3-8H,(H2,14,17);4,7H,2-3H2,1H3;1-2H/t;4-;/m.0./s1. The summed E-state index contributed by atoms with van der Waals surface area (Å²) >= 11 is 0. The molecule has 0 radical (unpaired) electrons. The van der Waals surface area contributed by atoms with Crippen molar-refractivity contribution in [2.45, 2.75) is 12.5 Å². The fraction of sp³-hybridized carbons (Fsp3) is 0.200. The van der Waals surface area contributed by atoms with Crippen LogP contribution in [0.2, 0.25) is 0 Å². The number of primary amides is 1. The second-order valence-electron chi connectivity index (χ2n) is 5.44. The number of rotatable bonds is 2. The molecule has 27 heavy (non-hydrogen) atoms. The van der Waals surface area contributed by atoms with Gasteiger partial charge in [-0.1, -0.05) is 18.1 Å². The Morgan fingerprint density at radius 2 is 2.07 bits per heavy atom. The number of aromatic nitrogens is 2. The van der Waals surface area contributed by atoms with Crippen LogP contribution in [0.5, 0.6) is 0 Å². The maximum atomic E-state index is 11.0. The minimum absolute atomic E-state index is 0.133. The number of amides is 2. The van der Waals surface area contributed by atoms with Crippen molar-refractivity contribution in [2.24, 2.45) is 5.73 Å². The van der Waals surface area contributed by atoms with Gasteiger partial charge in [0.25, 0.3) is 11.8 Å². The lowest BCUT2D eigenvalue weighted by Crippen LogP contribution is -2.24. The molecule has 0 saturated carbocycles. The van der Waals surface area contributed by atoms with Crippen LogP contribution in [0, 0.1) is 25.2 Å². The Morgan fingerprint density at radius 1 is 1.37 bits per heavy atom. The molecule has 1 fully saturated rings. The topological polar surface area (TPSA) is 109 Å². The fourth-order valence-electron chi connectivity index (χ4n) is 2.20. The number of carbonyl (C=O) groups excluding carboxylic acids is 2. The van der Waals surface area contributed by atoms with E-state index in [2.05, 4.69) is 28.7 Å². The van der Waals surface area contributed by atoms with E-state index in [0.29, 0.717) is 18.7 Å². The van der Waals surface area contributed by atoms with Gasteiger partial charge in [-0.2, -0.15) is 0 Å². The highest BCUT2D eigenvalue weighted by Gasteiger charge is 2.25. The first-order valence-corrected chi connectivity index (χ1v) is 7.87. The van der Waals surface area contributed by atoms with Crippen LogP contribution >= 0.6 is 0 Å². The number of aliphatic hydroxyl groups is 1. The van der Waals surface area contributed by atoms with Crippen LogP contribution in [0.1, 0.15) is 22.5 Å². The molecular weight excluding hydrogens is 344 g/mol. The highest BCUT2D eigenvalue weighted by Crippen LogP contribution is 2.17. The highest BCUT2D eigenvalue weighted by atomic mass is 16.3. The van der Waals surface area contributed by atoms with E-state index in [1.165, 1.54) is 11.1 Å². The van der Waals surface area contributed by atoms with Gasteiger partial charge in [-0.15, -0.1) is 19.3 Å². The third kappa shape index (κ3) is 5.96. The summed E-state index contributed by atoms with van der Waals surface area (Å²) in [5, 5.41) is 8.78. The molecule has 2 aromatic rings. The summed E-state index contributed by atoms with van der Waals surface area (Å²) in [6.45, 7) is 0.694.